The fraction of sp³-hybridized carbons (Fsp3) is 0.182. The van der Waals surface area contributed by atoms with Crippen LogP contribution in [-0.2, 0) is 4.79 Å². The van der Waals surface area contributed by atoms with Crippen LogP contribution in [-0.4, -0.2) is 25.5 Å². The molecule has 7 nitrogen and oxygen atoms in total. The Kier molecular flexibility index (Phi) is 6.65. The molecule has 0 saturated heterocycles. The number of carbonyl (C=O) groups is 2. The Hall–Kier alpha value is -3.58. The molecule has 2 aromatic carbocycles. The second-order valence-electron chi connectivity index (χ2n) is 6.52. The number of methoxy groups -OCH3 is 1. The molecule has 3 rings (SSSR count). The number of furan rings is 1. The van der Waals surface area contributed by atoms with Crippen molar-refractivity contribution < 1.29 is 24.1 Å². The maximum Gasteiger partial charge on any atom is 0.279 e. The van der Waals surface area contributed by atoms with Crippen LogP contribution in [0.5, 0.6) is 5.75 Å². The van der Waals surface area contributed by atoms with E-state index in [0.29, 0.717) is 22.7 Å². The zero-order chi connectivity index (χ0) is 20.6. The maximum absolute atomic E-state index is 12.7. The van der Waals surface area contributed by atoms with E-state index in [0.717, 1.165) is 5.76 Å². The van der Waals surface area contributed by atoms with Crippen molar-refractivity contribution >= 4 is 23.2 Å². The standard InChI is InChI=1S/C22H23N3O4/c1-15(20-8-5-13-29-20)23-14-21(26)25-19-7-4-3-6-18(19)22(27)24-16-9-11-17(28-2)12-10-16/h3-13,15,23H,14H2,1-2H3,(H,24,27)(H,25,26)/p+1/t15-/m1/s1. The topological polar surface area (TPSA) is 97.2 Å². The van der Waals surface area contributed by atoms with Crippen molar-refractivity contribution in [2.45, 2.75) is 13.0 Å². The van der Waals surface area contributed by atoms with E-state index in [-0.39, 0.29) is 24.4 Å². The lowest BCUT2D eigenvalue weighted by atomic mass is 10.1. The summed E-state index contributed by atoms with van der Waals surface area (Å²) in [7, 11) is 1.58. The van der Waals surface area contributed by atoms with Gasteiger partial charge in [0.1, 0.15) is 11.8 Å². The number of nitrogens with two attached hydrogens (primary N) is 1. The van der Waals surface area contributed by atoms with Gasteiger partial charge in [-0.2, -0.15) is 0 Å². The number of rotatable bonds is 8. The van der Waals surface area contributed by atoms with Crippen LogP contribution in [0.25, 0.3) is 0 Å². The Morgan fingerprint density at radius 3 is 2.48 bits per heavy atom. The lowest BCUT2D eigenvalue weighted by Crippen LogP contribution is -2.86. The van der Waals surface area contributed by atoms with E-state index in [4.69, 9.17) is 9.15 Å². The fourth-order valence-electron chi connectivity index (χ4n) is 2.81. The number of para-hydroxylation sites is 1. The number of hydrogen-bond acceptors (Lipinski definition) is 4. The average molecular weight is 394 g/mol. The molecule has 1 heterocycles. The van der Waals surface area contributed by atoms with Crippen LogP contribution in [0.3, 0.4) is 0 Å². The summed E-state index contributed by atoms with van der Waals surface area (Å²) >= 11 is 0. The van der Waals surface area contributed by atoms with Gasteiger partial charge in [-0.1, -0.05) is 12.1 Å². The molecule has 2 amide bonds. The van der Waals surface area contributed by atoms with E-state index in [1.807, 2.05) is 24.4 Å². The van der Waals surface area contributed by atoms with Gasteiger partial charge in [-0.15, -0.1) is 0 Å². The van der Waals surface area contributed by atoms with E-state index in [2.05, 4.69) is 10.6 Å². The molecule has 0 aliphatic carbocycles. The highest BCUT2D eigenvalue weighted by Crippen LogP contribution is 2.19. The van der Waals surface area contributed by atoms with E-state index < -0.39 is 0 Å². The molecule has 0 radical (unpaired) electrons. The third-order valence-corrected chi connectivity index (χ3v) is 4.44. The van der Waals surface area contributed by atoms with E-state index >= 15 is 0 Å². The minimum atomic E-state index is -0.306. The van der Waals surface area contributed by atoms with Crippen molar-refractivity contribution in [1.82, 2.24) is 0 Å². The molecule has 29 heavy (non-hydrogen) atoms. The minimum absolute atomic E-state index is 0.0179. The van der Waals surface area contributed by atoms with E-state index in [1.54, 1.807) is 61.9 Å². The molecule has 3 aromatic rings. The zero-order valence-corrected chi connectivity index (χ0v) is 16.3. The van der Waals surface area contributed by atoms with Gasteiger partial charge in [0.25, 0.3) is 11.8 Å². The van der Waals surface area contributed by atoms with Crippen molar-refractivity contribution in [3.05, 3.63) is 78.3 Å². The summed E-state index contributed by atoms with van der Waals surface area (Å²) in [5.41, 5.74) is 1.48. The number of carbonyl (C=O) groups excluding carboxylic acids is 2. The van der Waals surface area contributed by atoms with Gasteiger partial charge in [0, 0.05) is 5.69 Å². The van der Waals surface area contributed by atoms with Gasteiger partial charge in [0.15, 0.2) is 12.3 Å². The average Bonchev–Trinajstić information content (AvgIpc) is 3.28. The van der Waals surface area contributed by atoms with Gasteiger partial charge in [-0.25, -0.2) is 0 Å². The molecule has 1 atom stereocenters. The largest absolute Gasteiger partial charge is 0.497 e. The van der Waals surface area contributed by atoms with Crippen molar-refractivity contribution in [2.75, 3.05) is 24.3 Å². The molecule has 0 bridgehead atoms. The third-order valence-electron chi connectivity index (χ3n) is 4.44. The van der Waals surface area contributed by atoms with Gasteiger partial charge in [-0.05, 0) is 55.5 Å². The number of hydrogen-bond donors (Lipinski definition) is 3. The summed E-state index contributed by atoms with van der Waals surface area (Å²) in [6.45, 7) is 2.17. The summed E-state index contributed by atoms with van der Waals surface area (Å²) in [6.07, 6.45) is 1.61. The molecule has 0 unspecified atom stereocenters. The highest BCUT2D eigenvalue weighted by molar-refractivity contribution is 6.10. The normalized spacial score (nSPS) is 11.5. The quantitative estimate of drug-likeness (QED) is 0.547. The van der Waals surface area contributed by atoms with Gasteiger partial charge in [0.2, 0.25) is 0 Å². The SMILES string of the molecule is COc1ccc(NC(=O)c2ccccc2NC(=O)C[NH2+][C@H](C)c2ccco2)cc1. The molecule has 0 fully saturated rings. The highest BCUT2D eigenvalue weighted by atomic mass is 16.5. The van der Waals surface area contributed by atoms with Crippen LogP contribution in [0.2, 0.25) is 0 Å². The number of quaternary nitrogens is 1. The molecule has 0 spiro atoms. The number of anilines is 2. The smallest absolute Gasteiger partial charge is 0.279 e. The third kappa shape index (κ3) is 5.46. The summed E-state index contributed by atoms with van der Waals surface area (Å²) in [6, 6.07) is 17.6. The molecular weight excluding hydrogens is 370 g/mol. The van der Waals surface area contributed by atoms with Crippen molar-refractivity contribution in [3.8, 4) is 5.75 Å². The van der Waals surface area contributed by atoms with Crippen molar-refractivity contribution in [2.24, 2.45) is 0 Å². The second-order valence-corrected chi connectivity index (χ2v) is 6.52. The molecular formula is C22H24N3O4+. The number of benzene rings is 2. The first-order valence-corrected chi connectivity index (χ1v) is 9.28. The number of amides is 2. The predicted octanol–water partition coefficient (Wildman–Crippen LogP) is 2.80. The minimum Gasteiger partial charge on any atom is -0.497 e. The van der Waals surface area contributed by atoms with Gasteiger partial charge in [0.05, 0.1) is 24.6 Å². The molecule has 7 heteroatoms. The van der Waals surface area contributed by atoms with E-state index in [1.165, 1.54) is 0 Å². The van der Waals surface area contributed by atoms with Gasteiger partial charge < -0.3 is 25.1 Å². The van der Waals surface area contributed by atoms with Crippen LogP contribution in [0, 0.1) is 0 Å². The predicted molar refractivity (Wildman–Crippen MR) is 110 cm³/mol. The van der Waals surface area contributed by atoms with Gasteiger partial charge >= 0.3 is 0 Å². The Labute approximate surface area is 169 Å². The van der Waals surface area contributed by atoms with Crippen LogP contribution >= 0.6 is 0 Å². The Morgan fingerprint density at radius 2 is 1.79 bits per heavy atom. The van der Waals surface area contributed by atoms with Crippen molar-refractivity contribution in [1.29, 1.82) is 0 Å². The molecule has 150 valence electrons. The summed E-state index contributed by atoms with van der Waals surface area (Å²) in [5.74, 6) is 1.000. The number of nitrogens with one attached hydrogen (secondary N) is 2. The van der Waals surface area contributed by atoms with Crippen molar-refractivity contribution in [3.63, 3.8) is 0 Å². The molecule has 0 aliphatic heterocycles. The van der Waals surface area contributed by atoms with Crippen LogP contribution in [0.4, 0.5) is 11.4 Å². The Balaban J connectivity index is 1.61. The molecule has 1 aromatic heterocycles. The Morgan fingerprint density at radius 1 is 1.03 bits per heavy atom. The molecule has 4 N–H and O–H groups in total. The lowest BCUT2D eigenvalue weighted by Gasteiger charge is -2.12. The second kappa shape index (κ2) is 9.57. The van der Waals surface area contributed by atoms with Crippen LogP contribution < -0.4 is 20.7 Å². The number of ether oxygens (including phenoxy) is 1. The zero-order valence-electron chi connectivity index (χ0n) is 16.3. The maximum atomic E-state index is 12.7. The van der Waals surface area contributed by atoms with Crippen LogP contribution in [0.1, 0.15) is 29.1 Å². The van der Waals surface area contributed by atoms with Crippen LogP contribution in [0.15, 0.2) is 71.3 Å². The summed E-state index contributed by atoms with van der Waals surface area (Å²) in [4.78, 5) is 25.1. The summed E-state index contributed by atoms with van der Waals surface area (Å²) < 4.78 is 10.5. The monoisotopic (exact) mass is 394 g/mol. The van der Waals surface area contributed by atoms with Gasteiger partial charge in [-0.3, -0.25) is 9.59 Å². The summed E-state index contributed by atoms with van der Waals surface area (Å²) in [5, 5.41) is 7.51. The lowest BCUT2D eigenvalue weighted by molar-refractivity contribution is -0.684. The van der Waals surface area contributed by atoms with E-state index in [9.17, 15) is 9.59 Å². The highest BCUT2D eigenvalue weighted by Gasteiger charge is 2.16. The fourth-order valence-corrected chi connectivity index (χ4v) is 2.81. The first-order chi connectivity index (χ1) is 14.1. The first-order valence-electron chi connectivity index (χ1n) is 9.28. The first kappa shape index (κ1) is 20.2. The molecule has 0 saturated carbocycles. The Bertz CT molecular complexity index is 952. The molecule has 0 aliphatic rings.